The fourth-order valence-corrected chi connectivity index (χ4v) is 2.53. The number of aromatic nitrogens is 1. The van der Waals surface area contributed by atoms with Crippen LogP contribution in [-0.2, 0) is 0 Å². The van der Waals surface area contributed by atoms with E-state index in [1.54, 1.807) is 18.2 Å². The summed E-state index contributed by atoms with van der Waals surface area (Å²) in [5, 5.41) is 9.97. The summed E-state index contributed by atoms with van der Waals surface area (Å²) in [4.78, 5) is 16.1. The average molecular weight is 327 g/mol. The van der Waals surface area contributed by atoms with Crippen LogP contribution in [0.1, 0.15) is 10.4 Å². The summed E-state index contributed by atoms with van der Waals surface area (Å²) < 4.78 is 24.0. The third-order valence-electron chi connectivity index (χ3n) is 3.68. The van der Waals surface area contributed by atoms with Crippen molar-refractivity contribution in [1.29, 1.82) is 0 Å². The second-order valence-electron chi connectivity index (χ2n) is 5.09. The van der Waals surface area contributed by atoms with Crippen LogP contribution in [-0.4, -0.2) is 30.3 Å². The molecule has 0 saturated heterocycles. The van der Waals surface area contributed by atoms with Gasteiger partial charge in [0.2, 0.25) is 0 Å². The van der Waals surface area contributed by atoms with E-state index in [2.05, 4.69) is 4.98 Å². The minimum absolute atomic E-state index is 0.0558. The van der Waals surface area contributed by atoms with Gasteiger partial charge in [0.1, 0.15) is 17.3 Å². The average Bonchev–Trinajstić information content (AvgIpc) is 2.60. The van der Waals surface area contributed by atoms with Gasteiger partial charge in [-0.25, -0.2) is 14.2 Å². The van der Waals surface area contributed by atoms with Gasteiger partial charge in [-0.2, -0.15) is 0 Å². The van der Waals surface area contributed by atoms with Gasteiger partial charge in [-0.3, -0.25) is 0 Å². The molecular weight excluding hydrogens is 313 g/mol. The van der Waals surface area contributed by atoms with E-state index < -0.39 is 11.8 Å². The summed E-state index contributed by atoms with van der Waals surface area (Å²) in [5.74, 6) is -0.623. The number of methoxy groups -OCH3 is 2. The number of hydrogen-bond donors (Lipinski definition) is 1. The van der Waals surface area contributed by atoms with Crippen LogP contribution < -0.4 is 9.47 Å². The fraction of sp³-hybridized carbons (Fsp3) is 0.111. The lowest BCUT2D eigenvalue weighted by Gasteiger charge is -2.11. The van der Waals surface area contributed by atoms with Gasteiger partial charge in [-0.05, 0) is 42.5 Å². The topological polar surface area (TPSA) is 68.7 Å². The largest absolute Gasteiger partial charge is 0.497 e. The number of pyridine rings is 1. The molecule has 0 bridgehead atoms. The highest BCUT2D eigenvalue weighted by Gasteiger charge is 2.16. The van der Waals surface area contributed by atoms with Crippen LogP contribution in [0, 0.1) is 5.82 Å². The first-order valence-electron chi connectivity index (χ1n) is 7.09. The number of carbonyl (C=O) groups is 1. The molecular formula is C18H14FNO4. The van der Waals surface area contributed by atoms with Crippen LogP contribution in [0.15, 0.2) is 42.5 Å². The molecule has 0 atom stereocenters. The van der Waals surface area contributed by atoms with Gasteiger partial charge in [0.05, 0.1) is 31.0 Å². The van der Waals surface area contributed by atoms with E-state index in [1.807, 2.05) is 0 Å². The monoisotopic (exact) mass is 327 g/mol. The normalized spacial score (nSPS) is 10.6. The minimum Gasteiger partial charge on any atom is -0.497 e. The highest BCUT2D eigenvalue weighted by atomic mass is 19.1. The lowest BCUT2D eigenvalue weighted by molar-refractivity contribution is 0.0699. The van der Waals surface area contributed by atoms with Crippen molar-refractivity contribution < 1.29 is 23.8 Å². The third-order valence-corrected chi connectivity index (χ3v) is 3.68. The first-order valence-corrected chi connectivity index (χ1v) is 7.09. The molecule has 122 valence electrons. The molecule has 1 aromatic heterocycles. The van der Waals surface area contributed by atoms with E-state index in [0.29, 0.717) is 33.7 Å². The summed E-state index contributed by atoms with van der Waals surface area (Å²) in [6.07, 6.45) is 0. The molecule has 0 radical (unpaired) electrons. The van der Waals surface area contributed by atoms with Crippen LogP contribution in [0.3, 0.4) is 0 Å². The summed E-state index contributed by atoms with van der Waals surface area (Å²) in [5.41, 5.74) is 1.23. The smallest absolute Gasteiger partial charge is 0.336 e. The van der Waals surface area contributed by atoms with Crippen molar-refractivity contribution in [1.82, 2.24) is 4.98 Å². The zero-order chi connectivity index (χ0) is 17.3. The molecule has 0 fully saturated rings. The Labute approximate surface area is 137 Å². The number of rotatable bonds is 4. The van der Waals surface area contributed by atoms with Gasteiger partial charge in [0.15, 0.2) is 0 Å². The maximum absolute atomic E-state index is 13.6. The molecule has 0 aliphatic rings. The van der Waals surface area contributed by atoms with Gasteiger partial charge in [0, 0.05) is 10.9 Å². The molecule has 3 aromatic rings. The summed E-state index contributed by atoms with van der Waals surface area (Å²) in [6.45, 7) is 0. The van der Waals surface area contributed by atoms with Gasteiger partial charge in [-0.1, -0.05) is 0 Å². The Hall–Kier alpha value is -3.15. The molecule has 0 aliphatic carbocycles. The van der Waals surface area contributed by atoms with Crippen molar-refractivity contribution >= 4 is 16.9 Å². The molecule has 0 unspecified atom stereocenters. The number of fused-ring (bicyclic) bond motifs is 1. The molecule has 24 heavy (non-hydrogen) atoms. The molecule has 6 heteroatoms. The first-order chi connectivity index (χ1) is 11.5. The van der Waals surface area contributed by atoms with Gasteiger partial charge in [0.25, 0.3) is 0 Å². The quantitative estimate of drug-likeness (QED) is 0.790. The number of hydrogen-bond acceptors (Lipinski definition) is 4. The molecule has 0 amide bonds. The van der Waals surface area contributed by atoms with Crippen LogP contribution >= 0.6 is 0 Å². The van der Waals surface area contributed by atoms with E-state index in [1.165, 1.54) is 38.5 Å². The molecule has 1 N–H and O–H groups in total. The van der Waals surface area contributed by atoms with Crippen LogP contribution in [0.25, 0.3) is 22.2 Å². The molecule has 0 spiro atoms. The van der Waals surface area contributed by atoms with Crippen molar-refractivity contribution in [2.45, 2.75) is 0 Å². The number of nitrogens with zero attached hydrogens (tertiary/aromatic N) is 1. The van der Waals surface area contributed by atoms with Crippen LogP contribution in [0.5, 0.6) is 11.5 Å². The van der Waals surface area contributed by atoms with E-state index in [4.69, 9.17) is 9.47 Å². The highest BCUT2D eigenvalue weighted by molar-refractivity contribution is 6.04. The second-order valence-corrected chi connectivity index (χ2v) is 5.09. The molecule has 3 rings (SSSR count). The Morgan fingerprint density at radius 3 is 2.54 bits per heavy atom. The molecule has 5 nitrogen and oxygen atoms in total. The Kier molecular flexibility index (Phi) is 4.04. The third kappa shape index (κ3) is 2.74. The van der Waals surface area contributed by atoms with Gasteiger partial charge in [-0.15, -0.1) is 0 Å². The summed E-state index contributed by atoms with van der Waals surface area (Å²) >= 11 is 0. The lowest BCUT2D eigenvalue weighted by Crippen LogP contribution is -2.01. The predicted octanol–water partition coefficient (Wildman–Crippen LogP) is 3.76. The Morgan fingerprint density at radius 1 is 1.08 bits per heavy atom. The van der Waals surface area contributed by atoms with Crippen LogP contribution in [0.4, 0.5) is 4.39 Å². The molecule has 1 heterocycles. The maximum Gasteiger partial charge on any atom is 0.336 e. The molecule has 2 aromatic carbocycles. The number of aromatic carboxylic acids is 1. The van der Waals surface area contributed by atoms with E-state index in [-0.39, 0.29) is 5.56 Å². The van der Waals surface area contributed by atoms with E-state index in [9.17, 15) is 14.3 Å². The predicted molar refractivity (Wildman–Crippen MR) is 87.2 cm³/mol. The fourth-order valence-electron chi connectivity index (χ4n) is 2.53. The molecule has 0 saturated carbocycles. The molecule has 0 aliphatic heterocycles. The Bertz CT molecular complexity index is 940. The van der Waals surface area contributed by atoms with E-state index >= 15 is 0 Å². The zero-order valence-corrected chi connectivity index (χ0v) is 13.0. The Balaban J connectivity index is 2.31. The second kappa shape index (κ2) is 6.16. The van der Waals surface area contributed by atoms with Gasteiger partial charge >= 0.3 is 5.97 Å². The van der Waals surface area contributed by atoms with Gasteiger partial charge < -0.3 is 14.6 Å². The minimum atomic E-state index is -1.10. The van der Waals surface area contributed by atoms with E-state index in [0.717, 1.165) is 0 Å². The van der Waals surface area contributed by atoms with Crippen molar-refractivity contribution in [3.05, 3.63) is 53.8 Å². The zero-order valence-electron chi connectivity index (χ0n) is 13.0. The number of benzene rings is 2. The standard InChI is InChI=1S/C18H14FNO4/c1-23-11-4-5-15-12(8-11)13(18(21)22)9-16(20-15)14-7-10(19)3-6-17(14)24-2/h3-9H,1-2H3,(H,21,22). The SMILES string of the molecule is COc1ccc2nc(-c3cc(F)ccc3OC)cc(C(=O)O)c2c1. The van der Waals surface area contributed by atoms with Crippen molar-refractivity contribution in [3.63, 3.8) is 0 Å². The van der Waals surface area contributed by atoms with Crippen molar-refractivity contribution in [2.24, 2.45) is 0 Å². The number of halogens is 1. The number of ether oxygens (including phenoxy) is 2. The summed E-state index contributed by atoms with van der Waals surface area (Å²) in [6, 6.07) is 10.4. The van der Waals surface area contributed by atoms with Crippen molar-refractivity contribution in [2.75, 3.05) is 14.2 Å². The highest BCUT2D eigenvalue weighted by Crippen LogP contribution is 2.33. The maximum atomic E-state index is 13.6. The first kappa shape index (κ1) is 15.7. The number of carboxylic acids is 1. The lowest BCUT2D eigenvalue weighted by atomic mass is 10.0. The Morgan fingerprint density at radius 2 is 1.88 bits per heavy atom. The van der Waals surface area contributed by atoms with Crippen molar-refractivity contribution in [3.8, 4) is 22.8 Å². The summed E-state index contributed by atoms with van der Waals surface area (Å²) in [7, 11) is 2.96. The van der Waals surface area contributed by atoms with Crippen LogP contribution in [0.2, 0.25) is 0 Å². The number of carboxylic acid groups (broad SMARTS) is 1.